The zero-order valence-electron chi connectivity index (χ0n) is 17.8. The molecule has 1 saturated carbocycles. The van der Waals surface area contributed by atoms with Gasteiger partial charge < -0.3 is 21.5 Å². The lowest BCUT2D eigenvalue weighted by Gasteiger charge is -2.43. The van der Waals surface area contributed by atoms with Crippen LogP contribution < -0.4 is 16.4 Å². The maximum atomic E-state index is 12.2. The first-order chi connectivity index (χ1) is 14.8. The van der Waals surface area contributed by atoms with Gasteiger partial charge in [0.15, 0.2) is 0 Å². The molecule has 2 atom stereocenters. The Bertz CT molecular complexity index is 1010. The number of aromatic nitrogens is 2. The van der Waals surface area contributed by atoms with Gasteiger partial charge in [0.1, 0.15) is 16.6 Å². The number of rotatable bonds is 4. The number of halogens is 1. The standard InChI is InChI=1S/C22H28ClN5O2S/c1-12-9-15(28-7-4-22(5-8-28)10-16(30)13(2)19(22)24)14(11-29)27-21(12)31-17-3-6-26-20(25)18(17)23/h3,6,9,13,19,29H,4-5,7-8,10-11,24H2,1-2H3,(H2,25,26)/t13-,19+/m1/s1. The molecule has 0 amide bonds. The Morgan fingerprint density at radius 3 is 2.71 bits per heavy atom. The Morgan fingerprint density at radius 1 is 1.39 bits per heavy atom. The number of anilines is 2. The summed E-state index contributed by atoms with van der Waals surface area (Å²) in [5, 5.41) is 11.2. The fourth-order valence-electron chi connectivity index (χ4n) is 4.80. The van der Waals surface area contributed by atoms with Crippen molar-refractivity contribution in [1.82, 2.24) is 9.97 Å². The minimum absolute atomic E-state index is 0.0613. The summed E-state index contributed by atoms with van der Waals surface area (Å²) >= 11 is 7.69. The molecular weight excluding hydrogens is 434 g/mol. The van der Waals surface area contributed by atoms with Gasteiger partial charge in [-0.25, -0.2) is 9.97 Å². The molecule has 2 aliphatic rings. The average molecular weight is 462 g/mol. The van der Waals surface area contributed by atoms with Crippen LogP contribution in [0.4, 0.5) is 11.5 Å². The summed E-state index contributed by atoms with van der Waals surface area (Å²) < 4.78 is 0. The van der Waals surface area contributed by atoms with Gasteiger partial charge in [-0.3, -0.25) is 4.79 Å². The normalized spacial score (nSPS) is 23.0. The van der Waals surface area contributed by atoms with Crippen LogP contribution in [0.15, 0.2) is 28.3 Å². The van der Waals surface area contributed by atoms with Crippen LogP contribution in [0.5, 0.6) is 0 Å². The Labute approximate surface area is 191 Å². The summed E-state index contributed by atoms with van der Waals surface area (Å²) in [6.45, 7) is 5.37. The van der Waals surface area contributed by atoms with Gasteiger partial charge in [-0.05, 0) is 42.9 Å². The van der Waals surface area contributed by atoms with E-state index in [-0.39, 0.29) is 35.6 Å². The summed E-state index contributed by atoms with van der Waals surface area (Å²) in [5.41, 5.74) is 14.7. The van der Waals surface area contributed by atoms with Crippen molar-refractivity contribution in [3.8, 4) is 0 Å². The molecule has 0 bridgehead atoms. The molecule has 166 valence electrons. The van der Waals surface area contributed by atoms with Crippen LogP contribution in [0.1, 0.15) is 37.4 Å². The summed E-state index contributed by atoms with van der Waals surface area (Å²) in [7, 11) is 0. The zero-order valence-corrected chi connectivity index (χ0v) is 19.3. The van der Waals surface area contributed by atoms with Crippen molar-refractivity contribution in [1.29, 1.82) is 0 Å². The van der Waals surface area contributed by atoms with Crippen LogP contribution in [0.2, 0.25) is 5.02 Å². The maximum Gasteiger partial charge on any atom is 0.143 e. The van der Waals surface area contributed by atoms with Crippen molar-refractivity contribution in [2.45, 2.75) is 55.7 Å². The number of nitrogens with zero attached hydrogens (tertiary/aromatic N) is 3. The highest BCUT2D eigenvalue weighted by Crippen LogP contribution is 2.47. The van der Waals surface area contributed by atoms with Gasteiger partial charge in [0, 0.05) is 42.6 Å². The fraction of sp³-hybridized carbons (Fsp3) is 0.500. The number of aryl methyl sites for hydroxylation is 1. The predicted molar refractivity (Wildman–Crippen MR) is 123 cm³/mol. The van der Waals surface area contributed by atoms with Gasteiger partial charge >= 0.3 is 0 Å². The average Bonchev–Trinajstić information content (AvgIpc) is 2.96. The van der Waals surface area contributed by atoms with E-state index in [4.69, 9.17) is 28.1 Å². The van der Waals surface area contributed by atoms with E-state index < -0.39 is 0 Å². The van der Waals surface area contributed by atoms with Gasteiger partial charge in [-0.15, -0.1) is 0 Å². The van der Waals surface area contributed by atoms with Gasteiger partial charge in [0.25, 0.3) is 0 Å². The lowest BCUT2D eigenvalue weighted by Crippen LogP contribution is -2.48. The lowest BCUT2D eigenvalue weighted by molar-refractivity contribution is -0.120. The van der Waals surface area contributed by atoms with Gasteiger partial charge in [-0.2, -0.15) is 0 Å². The number of carbonyl (C=O) groups excluding carboxylic acids is 1. The van der Waals surface area contributed by atoms with E-state index in [0.717, 1.165) is 47.1 Å². The first kappa shape index (κ1) is 22.3. The zero-order chi connectivity index (χ0) is 22.3. The van der Waals surface area contributed by atoms with E-state index in [1.165, 1.54) is 11.8 Å². The molecule has 2 aromatic heterocycles. The van der Waals surface area contributed by atoms with Crippen molar-refractivity contribution in [3.05, 3.63) is 34.6 Å². The SMILES string of the molecule is Cc1cc(N2CCC3(CC2)CC(=O)[C@@H](C)[C@@H]3N)c(CO)nc1Sc1ccnc(N)c1Cl. The second-order valence-electron chi connectivity index (χ2n) is 8.65. The molecule has 1 aliphatic carbocycles. The minimum atomic E-state index is -0.161. The number of hydrogen-bond acceptors (Lipinski definition) is 8. The van der Waals surface area contributed by atoms with Crippen LogP contribution in [0, 0.1) is 18.3 Å². The number of piperidine rings is 1. The molecule has 3 heterocycles. The van der Waals surface area contributed by atoms with Crippen LogP contribution in [0.25, 0.3) is 0 Å². The van der Waals surface area contributed by atoms with E-state index in [9.17, 15) is 9.90 Å². The van der Waals surface area contributed by atoms with Crippen molar-refractivity contribution in [2.24, 2.45) is 17.1 Å². The number of aliphatic hydroxyl groups excluding tert-OH is 1. The summed E-state index contributed by atoms with van der Waals surface area (Å²) in [4.78, 5) is 24.0. The first-order valence-electron chi connectivity index (χ1n) is 10.5. The third kappa shape index (κ3) is 4.02. The van der Waals surface area contributed by atoms with E-state index in [1.807, 2.05) is 13.8 Å². The molecule has 0 unspecified atom stereocenters. The van der Waals surface area contributed by atoms with E-state index in [2.05, 4.69) is 16.0 Å². The molecule has 9 heteroatoms. The van der Waals surface area contributed by atoms with Crippen LogP contribution in [-0.4, -0.2) is 40.0 Å². The molecule has 2 aromatic rings. The molecule has 4 rings (SSSR count). The van der Waals surface area contributed by atoms with Crippen molar-refractivity contribution < 1.29 is 9.90 Å². The van der Waals surface area contributed by atoms with E-state index in [0.29, 0.717) is 17.1 Å². The Balaban J connectivity index is 1.56. The molecule has 0 aromatic carbocycles. The predicted octanol–water partition coefficient (Wildman–Crippen LogP) is 3.19. The Kier molecular flexibility index (Phi) is 6.18. The Hall–Kier alpha value is -1.87. The summed E-state index contributed by atoms with van der Waals surface area (Å²) in [6.07, 6.45) is 3.94. The third-order valence-electron chi connectivity index (χ3n) is 6.84. The molecule has 1 aliphatic heterocycles. The molecule has 1 saturated heterocycles. The number of nitrogen functional groups attached to an aromatic ring is 1. The summed E-state index contributed by atoms with van der Waals surface area (Å²) in [6, 6.07) is 3.80. The molecule has 0 radical (unpaired) electrons. The molecule has 2 fully saturated rings. The number of carbonyl (C=O) groups is 1. The molecule has 31 heavy (non-hydrogen) atoms. The minimum Gasteiger partial charge on any atom is -0.390 e. The molecule has 5 N–H and O–H groups in total. The van der Waals surface area contributed by atoms with Crippen molar-refractivity contribution in [2.75, 3.05) is 23.7 Å². The highest BCUT2D eigenvalue weighted by Gasteiger charge is 2.50. The molecular formula is C22H28ClN5O2S. The second-order valence-corrected chi connectivity index (χ2v) is 10.1. The largest absolute Gasteiger partial charge is 0.390 e. The van der Waals surface area contributed by atoms with Gasteiger partial charge in [-0.1, -0.05) is 30.3 Å². The van der Waals surface area contributed by atoms with Crippen LogP contribution in [0.3, 0.4) is 0 Å². The molecule has 1 spiro atoms. The van der Waals surface area contributed by atoms with Gasteiger partial charge in [0.2, 0.25) is 0 Å². The lowest BCUT2D eigenvalue weighted by atomic mass is 9.73. The number of hydrogen-bond donors (Lipinski definition) is 3. The van der Waals surface area contributed by atoms with Crippen molar-refractivity contribution >= 4 is 40.7 Å². The third-order valence-corrected chi connectivity index (χ3v) is 8.52. The second kappa shape index (κ2) is 8.58. The monoisotopic (exact) mass is 461 g/mol. The fourth-order valence-corrected chi connectivity index (χ4v) is 5.93. The molecule has 7 nitrogen and oxygen atoms in total. The summed E-state index contributed by atoms with van der Waals surface area (Å²) in [5.74, 6) is 0.503. The number of aliphatic hydroxyl groups is 1. The smallest absolute Gasteiger partial charge is 0.143 e. The Morgan fingerprint density at radius 2 is 2.10 bits per heavy atom. The van der Waals surface area contributed by atoms with E-state index >= 15 is 0 Å². The quantitative estimate of drug-likeness (QED) is 0.635. The van der Waals surface area contributed by atoms with Crippen LogP contribution in [-0.2, 0) is 11.4 Å². The number of Topliss-reactive ketones (excluding diaryl/α,β-unsaturated/α-hetero) is 1. The topological polar surface area (TPSA) is 118 Å². The first-order valence-corrected chi connectivity index (χ1v) is 11.7. The van der Waals surface area contributed by atoms with Gasteiger partial charge in [0.05, 0.1) is 23.0 Å². The number of ketones is 1. The van der Waals surface area contributed by atoms with Crippen LogP contribution >= 0.6 is 23.4 Å². The highest BCUT2D eigenvalue weighted by molar-refractivity contribution is 7.99. The highest BCUT2D eigenvalue weighted by atomic mass is 35.5. The number of pyridine rings is 2. The van der Waals surface area contributed by atoms with E-state index in [1.54, 1.807) is 12.3 Å². The maximum absolute atomic E-state index is 12.2. The number of nitrogens with two attached hydrogens (primary N) is 2. The van der Waals surface area contributed by atoms with Crippen molar-refractivity contribution in [3.63, 3.8) is 0 Å².